The number of anilines is 1. The van der Waals surface area contributed by atoms with E-state index in [2.05, 4.69) is 9.97 Å². The second kappa shape index (κ2) is 3.16. The van der Waals surface area contributed by atoms with Gasteiger partial charge < -0.3 is 10.8 Å². The highest BCUT2D eigenvalue weighted by molar-refractivity contribution is 7.99. The third-order valence-electron chi connectivity index (χ3n) is 2.08. The molecule has 0 bridgehead atoms. The predicted molar refractivity (Wildman–Crippen MR) is 51.4 cm³/mol. The number of thioether (sulfide) groups is 1. The van der Waals surface area contributed by atoms with Crippen LogP contribution in [0.2, 0.25) is 0 Å². The molecule has 1 aromatic rings. The van der Waals surface area contributed by atoms with E-state index in [4.69, 9.17) is 5.73 Å². The minimum Gasteiger partial charge on any atom is -0.382 e. The van der Waals surface area contributed by atoms with E-state index in [0.717, 1.165) is 29.1 Å². The molecule has 1 aromatic heterocycles. The summed E-state index contributed by atoms with van der Waals surface area (Å²) in [4.78, 5) is 8.18. The summed E-state index contributed by atoms with van der Waals surface area (Å²) >= 11 is 1.36. The molecule has 1 unspecified atom stereocenters. The maximum Gasteiger partial charge on any atom is 0.221 e. The van der Waals surface area contributed by atoms with E-state index in [-0.39, 0.29) is 11.4 Å². The van der Waals surface area contributed by atoms with Gasteiger partial charge in [0.1, 0.15) is 10.5 Å². The van der Waals surface area contributed by atoms with E-state index < -0.39 is 0 Å². The van der Waals surface area contributed by atoms with Crippen molar-refractivity contribution in [1.29, 1.82) is 0 Å². The summed E-state index contributed by atoms with van der Waals surface area (Å²) < 4.78 is 0. The van der Waals surface area contributed by atoms with Crippen LogP contribution in [-0.2, 0) is 6.42 Å². The van der Waals surface area contributed by atoms with Crippen LogP contribution in [0.4, 0.5) is 5.95 Å². The van der Waals surface area contributed by atoms with Gasteiger partial charge in [-0.3, -0.25) is 0 Å². The number of hydrogen-bond donors (Lipinski definition) is 2. The summed E-state index contributed by atoms with van der Waals surface area (Å²) in [5.41, 5.74) is 7.23. The van der Waals surface area contributed by atoms with Gasteiger partial charge in [-0.05, 0) is 19.8 Å². The number of aliphatic hydroxyl groups excluding tert-OH is 1. The summed E-state index contributed by atoms with van der Waals surface area (Å²) in [5, 5.41) is 10.2. The number of aryl methyl sites for hydroxylation is 1. The van der Waals surface area contributed by atoms with E-state index in [0.29, 0.717) is 0 Å². The van der Waals surface area contributed by atoms with Gasteiger partial charge in [0.2, 0.25) is 5.95 Å². The van der Waals surface area contributed by atoms with Crippen molar-refractivity contribution in [3.8, 4) is 0 Å². The first kappa shape index (κ1) is 8.77. The molecular weight excluding hydrogens is 186 g/mol. The zero-order chi connectivity index (χ0) is 9.42. The lowest BCUT2D eigenvalue weighted by molar-refractivity contribution is 0.249. The van der Waals surface area contributed by atoms with Crippen LogP contribution in [0, 0.1) is 6.92 Å². The zero-order valence-corrected chi connectivity index (χ0v) is 8.14. The molecule has 0 fully saturated rings. The van der Waals surface area contributed by atoms with Gasteiger partial charge >= 0.3 is 0 Å². The summed E-state index contributed by atoms with van der Waals surface area (Å²) in [5.74, 6) is 0.290. The fourth-order valence-electron chi connectivity index (χ4n) is 1.43. The number of fused-ring (bicyclic) bond motifs is 1. The Bertz CT molecular complexity index is 342. The maximum absolute atomic E-state index is 9.40. The van der Waals surface area contributed by atoms with E-state index in [1.807, 2.05) is 6.92 Å². The number of nitrogens with zero attached hydrogens (tertiary/aromatic N) is 2. The largest absolute Gasteiger partial charge is 0.382 e. The standard InChI is InChI=1S/C8H11N3OS/c1-4-5-2-3-6(12)13-7(5)11-8(9)10-4/h6,12H,2-3H2,1H3,(H2,9,10,11). The van der Waals surface area contributed by atoms with Gasteiger partial charge in [0.15, 0.2) is 0 Å². The molecule has 1 atom stereocenters. The van der Waals surface area contributed by atoms with Crippen LogP contribution in [0.25, 0.3) is 0 Å². The summed E-state index contributed by atoms with van der Waals surface area (Å²) in [6.45, 7) is 1.93. The van der Waals surface area contributed by atoms with Crippen molar-refractivity contribution in [2.75, 3.05) is 5.73 Å². The first-order chi connectivity index (χ1) is 6.16. The molecule has 0 saturated heterocycles. The number of aromatic nitrogens is 2. The van der Waals surface area contributed by atoms with E-state index >= 15 is 0 Å². The highest BCUT2D eigenvalue weighted by Crippen LogP contribution is 2.33. The van der Waals surface area contributed by atoms with Gasteiger partial charge in [0, 0.05) is 11.3 Å². The van der Waals surface area contributed by atoms with Gasteiger partial charge in [-0.25, -0.2) is 9.97 Å². The molecule has 70 valence electrons. The lowest BCUT2D eigenvalue weighted by Gasteiger charge is -2.20. The second-order valence-corrected chi connectivity index (χ2v) is 4.23. The highest BCUT2D eigenvalue weighted by atomic mass is 32.2. The Morgan fingerprint density at radius 3 is 3.08 bits per heavy atom. The van der Waals surface area contributed by atoms with Crippen molar-refractivity contribution in [2.45, 2.75) is 30.2 Å². The summed E-state index contributed by atoms with van der Waals surface area (Å²) in [6.07, 6.45) is 1.61. The normalized spacial score (nSPS) is 21.2. The van der Waals surface area contributed by atoms with Crippen LogP contribution in [0.5, 0.6) is 0 Å². The van der Waals surface area contributed by atoms with Crippen LogP contribution in [-0.4, -0.2) is 20.5 Å². The highest BCUT2D eigenvalue weighted by Gasteiger charge is 2.20. The topological polar surface area (TPSA) is 72.0 Å². The Balaban J connectivity index is 2.47. The average Bonchev–Trinajstić information content (AvgIpc) is 2.02. The minimum absolute atomic E-state index is 0.290. The molecular formula is C8H11N3OS. The van der Waals surface area contributed by atoms with E-state index in [1.165, 1.54) is 11.8 Å². The lowest BCUT2D eigenvalue weighted by atomic mass is 10.1. The van der Waals surface area contributed by atoms with Crippen molar-refractivity contribution in [2.24, 2.45) is 0 Å². The SMILES string of the molecule is Cc1nc(N)nc2c1CCC(O)S2. The molecule has 0 aromatic carbocycles. The molecule has 0 saturated carbocycles. The summed E-state index contributed by atoms with van der Waals surface area (Å²) in [7, 11) is 0. The van der Waals surface area contributed by atoms with Crippen LogP contribution < -0.4 is 5.73 Å². The Kier molecular flexibility index (Phi) is 2.13. The third-order valence-corrected chi connectivity index (χ3v) is 3.15. The first-order valence-corrected chi connectivity index (χ1v) is 5.02. The molecule has 4 nitrogen and oxygen atoms in total. The molecule has 0 radical (unpaired) electrons. The molecule has 2 heterocycles. The number of hydrogen-bond acceptors (Lipinski definition) is 5. The number of rotatable bonds is 0. The Hall–Kier alpha value is -0.810. The molecule has 1 aliphatic heterocycles. The fraction of sp³-hybridized carbons (Fsp3) is 0.500. The molecule has 5 heteroatoms. The number of nitrogen functional groups attached to an aromatic ring is 1. The van der Waals surface area contributed by atoms with Gasteiger partial charge in [-0.1, -0.05) is 11.8 Å². The van der Waals surface area contributed by atoms with Gasteiger partial charge in [0.25, 0.3) is 0 Å². The lowest BCUT2D eigenvalue weighted by Crippen LogP contribution is -2.14. The molecule has 0 aliphatic carbocycles. The monoisotopic (exact) mass is 197 g/mol. The predicted octanol–water partition coefficient (Wildman–Crippen LogP) is 0.724. The summed E-state index contributed by atoms with van der Waals surface area (Å²) in [6, 6.07) is 0. The Morgan fingerprint density at radius 1 is 1.54 bits per heavy atom. The van der Waals surface area contributed by atoms with Crippen LogP contribution in [0.15, 0.2) is 5.03 Å². The smallest absolute Gasteiger partial charge is 0.221 e. The molecule has 1 aliphatic rings. The maximum atomic E-state index is 9.40. The van der Waals surface area contributed by atoms with Crippen molar-refractivity contribution in [3.05, 3.63) is 11.3 Å². The molecule has 3 N–H and O–H groups in total. The van der Waals surface area contributed by atoms with Crippen molar-refractivity contribution in [3.63, 3.8) is 0 Å². The first-order valence-electron chi connectivity index (χ1n) is 4.14. The zero-order valence-electron chi connectivity index (χ0n) is 7.32. The molecule has 0 amide bonds. The molecule has 0 spiro atoms. The number of aliphatic hydroxyl groups is 1. The van der Waals surface area contributed by atoms with Crippen molar-refractivity contribution >= 4 is 17.7 Å². The van der Waals surface area contributed by atoms with E-state index in [9.17, 15) is 5.11 Å². The van der Waals surface area contributed by atoms with Gasteiger partial charge in [-0.15, -0.1) is 0 Å². The Labute approximate surface area is 80.6 Å². The minimum atomic E-state index is -0.346. The van der Waals surface area contributed by atoms with E-state index in [1.54, 1.807) is 0 Å². The molecule has 2 rings (SSSR count). The molecule has 13 heavy (non-hydrogen) atoms. The average molecular weight is 197 g/mol. The van der Waals surface area contributed by atoms with Crippen molar-refractivity contribution in [1.82, 2.24) is 9.97 Å². The van der Waals surface area contributed by atoms with Gasteiger partial charge in [-0.2, -0.15) is 0 Å². The number of nitrogens with two attached hydrogens (primary N) is 1. The fourth-order valence-corrected chi connectivity index (χ4v) is 2.46. The third kappa shape index (κ3) is 1.62. The Morgan fingerprint density at radius 2 is 2.31 bits per heavy atom. The van der Waals surface area contributed by atoms with Crippen LogP contribution >= 0.6 is 11.8 Å². The van der Waals surface area contributed by atoms with Gasteiger partial charge in [0.05, 0.1) is 0 Å². The van der Waals surface area contributed by atoms with Crippen molar-refractivity contribution < 1.29 is 5.11 Å². The second-order valence-electron chi connectivity index (χ2n) is 3.06. The quantitative estimate of drug-likeness (QED) is 0.600. The van der Waals surface area contributed by atoms with Crippen LogP contribution in [0.3, 0.4) is 0 Å². The van der Waals surface area contributed by atoms with Crippen LogP contribution in [0.1, 0.15) is 17.7 Å².